The van der Waals surface area contributed by atoms with Crippen molar-refractivity contribution < 1.29 is 9.21 Å². The average molecular weight is 286 g/mol. The van der Waals surface area contributed by atoms with Gasteiger partial charge in [-0.15, -0.1) is 0 Å². The molecule has 0 saturated carbocycles. The number of hydrogen-bond donors (Lipinski definition) is 1. The Kier molecular flexibility index (Phi) is 3.64. The molecule has 0 spiro atoms. The number of H-pyrrole nitrogens is 1. The van der Waals surface area contributed by atoms with Crippen LogP contribution in [-0.2, 0) is 6.42 Å². The van der Waals surface area contributed by atoms with E-state index in [0.29, 0.717) is 18.5 Å². The molecule has 1 fully saturated rings. The highest BCUT2D eigenvalue weighted by Gasteiger charge is 2.32. The first kappa shape index (κ1) is 13.7. The molecule has 5 heteroatoms. The molecule has 3 heterocycles. The van der Waals surface area contributed by atoms with Crippen molar-refractivity contribution in [2.45, 2.75) is 32.2 Å². The summed E-state index contributed by atoms with van der Waals surface area (Å²) in [5.74, 6) is 0.705. The molecule has 5 nitrogen and oxygen atoms in total. The van der Waals surface area contributed by atoms with Gasteiger partial charge in [0, 0.05) is 23.9 Å². The number of aryl methyl sites for hydroxylation is 1. The van der Waals surface area contributed by atoms with Gasteiger partial charge in [-0.3, -0.25) is 9.59 Å². The van der Waals surface area contributed by atoms with E-state index in [0.717, 1.165) is 24.3 Å². The summed E-state index contributed by atoms with van der Waals surface area (Å²) in [5.41, 5.74) is 1.00. The monoisotopic (exact) mass is 286 g/mol. The second kappa shape index (κ2) is 5.60. The lowest BCUT2D eigenvalue weighted by Crippen LogP contribution is -2.31. The van der Waals surface area contributed by atoms with E-state index < -0.39 is 0 Å². The van der Waals surface area contributed by atoms with Crippen molar-refractivity contribution in [2.24, 2.45) is 0 Å². The van der Waals surface area contributed by atoms with Crippen molar-refractivity contribution in [1.29, 1.82) is 0 Å². The van der Waals surface area contributed by atoms with E-state index in [9.17, 15) is 9.59 Å². The van der Waals surface area contributed by atoms with E-state index in [-0.39, 0.29) is 17.5 Å². The Bertz CT molecular complexity index is 688. The van der Waals surface area contributed by atoms with Crippen molar-refractivity contribution in [3.8, 4) is 0 Å². The van der Waals surface area contributed by atoms with Crippen molar-refractivity contribution in [1.82, 2.24) is 9.88 Å². The molecule has 1 aliphatic heterocycles. The van der Waals surface area contributed by atoms with Crippen molar-refractivity contribution in [3.63, 3.8) is 0 Å². The van der Waals surface area contributed by atoms with Gasteiger partial charge in [0.25, 0.3) is 5.91 Å². The largest absolute Gasteiger partial charge is 0.467 e. The van der Waals surface area contributed by atoms with Crippen LogP contribution >= 0.6 is 0 Å². The number of pyridine rings is 1. The molecule has 0 radical (unpaired) electrons. The lowest BCUT2D eigenvalue weighted by atomic mass is 10.1. The Morgan fingerprint density at radius 3 is 3.05 bits per heavy atom. The van der Waals surface area contributed by atoms with Gasteiger partial charge in [0.05, 0.1) is 12.3 Å². The van der Waals surface area contributed by atoms with Crippen molar-refractivity contribution in [3.05, 3.63) is 57.9 Å². The number of rotatable bonds is 3. The van der Waals surface area contributed by atoms with Crippen LogP contribution in [-0.4, -0.2) is 22.3 Å². The van der Waals surface area contributed by atoms with Crippen LogP contribution in [0.15, 0.2) is 39.7 Å². The smallest absolute Gasteiger partial charge is 0.254 e. The van der Waals surface area contributed by atoms with Gasteiger partial charge in [0.2, 0.25) is 5.56 Å². The number of nitrogens with one attached hydrogen (secondary N) is 1. The highest BCUT2D eigenvalue weighted by Crippen LogP contribution is 2.33. The van der Waals surface area contributed by atoms with E-state index >= 15 is 0 Å². The number of aromatic amines is 1. The first-order chi connectivity index (χ1) is 10.2. The molecule has 1 saturated heterocycles. The molecule has 0 unspecified atom stereocenters. The number of likely N-dealkylation sites (tertiary alicyclic amines) is 1. The minimum Gasteiger partial charge on any atom is -0.467 e. The zero-order valence-corrected chi connectivity index (χ0v) is 12.0. The van der Waals surface area contributed by atoms with Crippen LogP contribution in [0.3, 0.4) is 0 Å². The maximum Gasteiger partial charge on any atom is 0.254 e. The maximum atomic E-state index is 12.7. The van der Waals surface area contributed by atoms with Crippen LogP contribution in [0.25, 0.3) is 0 Å². The third-order valence-corrected chi connectivity index (χ3v) is 3.91. The zero-order chi connectivity index (χ0) is 14.8. The molecule has 1 aliphatic rings. The van der Waals surface area contributed by atoms with Crippen LogP contribution in [0.5, 0.6) is 0 Å². The number of furan rings is 1. The van der Waals surface area contributed by atoms with Gasteiger partial charge in [-0.05, 0) is 37.5 Å². The third kappa shape index (κ3) is 2.63. The second-order valence-electron chi connectivity index (χ2n) is 5.28. The predicted molar refractivity (Wildman–Crippen MR) is 78.2 cm³/mol. The summed E-state index contributed by atoms with van der Waals surface area (Å²) >= 11 is 0. The van der Waals surface area contributed by atoms with Crippen molar-refractivity contribution >= 4 is 5.91 Å². The average Bonchev–Trinajstić information content (AvgIpc) is 3.16. The molecule has 2 aromatic heterocycles. The topological polar surface area (TPSA) is 66.3 Å². The Morgan fingerprint density at radius 2 is 2.33 bits per heavy atom. The van der Waals surface area contributed by atoms with E-state index in [1.54, 1.807) is 17.2 Å². The zero-order valence-electron chi connectivity index (χ0n) is 12.0. The number of carbonyl (C=O) groups is 1. The Hall–Kier alpha value is -2.30. The number of nitrogens with zero attached hydrogens (tertiary/aromatic N) is 1. The second-order valence-corrected chi connectivity index (χ2v) is 5.28. The van der Waals surface area contributed by atoms with Gasteiger partial charge in [0.15, 0.2) is 0 Å². The summed E-state index contributed by atoms with van der Waals surface area (Å²) in [6, 6.07) is 6.83. The first-order valence-corrected chi connectivity index (χ1v) is 7.26. The van der Waals surface area contributed by atoms with Gasteiger partial charge in [-0.2, -0.15) is 0 Å². The van der Waals surface area contributed by atoms with Gasteiger partial charge in [-0.1, -0.05) is 6.92 Å². The molecule has 3 rings (SSSR count). The highest BCUT2D eigenvalue weighted by molar-refractivity contribution is 5.94. The molecule has 1 N–H and O–H groups in total. The van der Waals surface area contributed by atoms with Crippen LogP contribution in [0.1, 0.15) is 47.6 Å². The van der Waals surface area contributed by atoms with Gasteiger partial charge >= 0.3 is 0 Å². The molecule has 110 valence electrons. The first-order valence-electron chi connectivity index (χ1n) is 7.26. The predicted octanol–water partition coefficient (Wildman–Crippen LogP) is 2.51. The Labute approximate surface area is 122 Å². The normalized spacial score (nSPS) is 18.1. The number of carbonyl (C=O) groups excluding carboxylic acids is 1. The highest BCUT2D eigenvalue weighted by atomic mass is 16.3. The van der Waals surface area contributed by atoms with Gasteiger partial charge in [0.1, 0.15) is 5.76 Å². The molecular formula is C16H18N2O3. The molecule has 0 aromatic carbocycles. The summed E-state index contributed by atoms with van der Waals surface area (Å²) in [5, 5.41) is 0. The fourth-order valence-corrected chi connectivity index (χ4v) is 2.87. The summed E-state index contributed by atoms with van der Waals surface area (Å²) < 4.78 is 5.44. The molecule has 2 aromatic rings. The standard InChI is InChI=1S/C16H18N2O3/c1-2-12-9-11(10-15(19)17-12)16(20)18-7-3-5-13(18)14-6-4-8-21-14/h4,6,8-10,13H,2-3,5,7H2,1H3,(H,17,19)/t13-/m0/s1. The number of hydrogen-bond acceptors (Lipinski definition) is 3. The fraction of sp³-hybridized carbons (Fsp3) is 0.375. The fourth-order valence-electron chi connectivity index (χ4n) is 2.87. The molecular weight excluding hydrogens is 268 g/mol. The van der Waals surface area contributed by atoms with Crippen molar-refractivity contribution in [2.75, 3.05) is 6.54 Å². The van der Waals surface area contributed by atoms with E-state index in [1.807, 2.05) is 19.1 Å². The summed E-state index contributed by atoms with van der Waals surface area (Å²) in [6.07, 6.45) is 4.15. The van der Waals surface area contributed by atoms with E-state index in [1.165, 1.54) is 6.07 Å². The summed E-state index contributed by atoms with van der Waals surface area (Å²) in [4.78, 5) is 28.9. The molecule has 21 heavy (non-hydrogen) atoms. The van der Waals surface area contributed by atoms with Crippen LogP contribution in [0.2, 0.25) is 0 Å². The Balaban J connectivity index is 1.91. The van der Waals surface area contributed by atoms with Gasteiger partial charge in [-0.25, -0.2) is 0 Å². The molecule has 0 bridgehead atoms. The number of aromatic nitrogens is 1. The Morgan fingerprint density at radius 1 is 1.48 bits per heavy atom. The lowest BCUT2D eigenvalue weighted by Gasteiger charge is -2.23. The molecule has 1 amide bonds. The molecule has 1 atom stereocenters. The van der Waals surface area contributed by atoms with Crippen LogP contribution < -0.4 is 5.56 Å². The maximum absolute atomic E-state index is 12.7. The molecule has 0 aliphatic carbocycles. The minimum atomic E-state index is -0.230. The summed E-state index contributed by atoms with van der Waals surface area (Å²) in [6.45, 7) is 2.64. The summed E-state index contributed by atoms with van der Waals surface area (Å²) in [7, 11) is 0. The van der Waals surface area contributed by atoms with Gasteiger partial charge < -0.3 is 14.3 Å². The lowest BCUT2D eigenvalue weighted by molar-refractivity contribution is 0.0719. The quantitative estimate of drug-likeness (QED) is 0.942. The SMILES string of the molecule is CCc1cc(C(=O)N2CCC[C@H]2c2ccco2)cc(=O)[nH]1. The number of amides is 1. The van der Waals surface area contributed by atoms with Crippen LogP contribution in [0.4, 0.5) is 0 Å². The van der Waals surface area contributed by atoms with E-state index in [2.05, 4.69) is 4.98 Å². The van der Waals surface area contributed by atoms with Crippen LogP contribution in [0, 0.1) is 0 Å². The van der Waals surface area contributed by atoms with E-state index in [4.69, 9.17) is 4.42 Å². The third-order valence-electron chi connectivity index (χ3n) is 3.91. The minimum absolute atomic E-state index is 0.0307.